The van der Waals surface area contributed by atoms with E-state index in [0.29, 0.717) is 9.90 Å². The number of carbonyl (C=O) groups excluding carboxylic acids is 1. The van der Waals surface area contributed by atoms with Crippen LogP contribution in [0.2, 0.25) is 4.34 Å². The highest BCUT2D eigenvalue weighted by atomic mass is 35.5. The van der Waals surface area contributed by atoms with E-state index < -0.39 is 0 Å². The minimum Gasteiger partial charge on any atom is -0.322 e. The van der Waals surface area contributed by atoms with Gasteiger partial charge in [0.15, 0.2) is 0 Å². The predicted molar refractivity (Wildman–Crippen MR) is 114 cm³/mol. The Balaban J connectivity index is 1.78. The molecule has 5 heteroatoms. The summed E-state index contributed by atoms with van der Waals surface area (Å²) < 4.78 is 0.697. The highest BCUT2D eigenvalue weighted by Crippen LogP contribution is 2.32. The number of hydrogen-bond donors (Lipinski definition) is 1. The van der Waals surface area contributed by atoms with Crippen molar-refractivity contribution in [2.45, 2.75) is 13.3 Å². The summed E-state index contributed by atoms with van der Waals surface area (Å²) in [5.41, 5.74) is 4.11. The van der Waals surface area contributed by atoms with Gasteiger partial charge in [-0.1, -0.05) is 48.9 Å². The average molecular weight is 393 g/mol. The molecular formula is C22H17ClN2OS. The maximum Gasteiger partial charge on any atom is 0.256 e. The van der Waals surface area contributed by atoms with Crippen LogP contribution in [0.5, 0.6) is 0 Å². The number of rotatable bonds is 4. The second kappa shape index (κ2) is 7.51. The first-order chi connectivity index (χ1) is 13.1. The lowest BCUT2D eigenvalue weighted by molar-refractivity contribution is 0.102. The number of nitrogens with one attached hydrogen (secondary N) is 1. The molecule has 2 heterocycles. The Morgan fingerprint density at radius 1 is 1.07 bits per heavy atom. The zero-order chi connectivity index (χ0) is 18.8. The van der Waals surface area contributed by atoms with E-state index in [9.17, 15) is 4.79 Å². The fourth-order valence-electron chi connectivity index (χ4n) is 3.01. The number of aryl methyl sites for hydroxylation is 1. The standard InChI is InChI=1S/C22H17ClN2OS/c1-2-14-6-5-7-15(12-14)24-22(26)17-13-19(20-10-11-21(23)27-20)25-18-9-4-3-8-16(17)18/h3-13H,2H2,1H3,(H,24,26). The quantitative estimate of drug-likeness (QED) is 0.434. The van der Waals surface area contributed by atoms with E-state index >= 15 is 0 Å². The fraction of sp³-hybridized carbons (Fsp3) is 0.0909. The molecule has 0 aliphatic rings. The topological polar surface area (TPSA) is 42.0 Å². The normalized spacial score (nSPS) is 10.9. The van der Waals surface area contributed by atoms with Crippen LogP contribution in [0.4, 0.5) is 5.69 Å². The number of para-hydroxylation sites is 1. The lowest BCUT2D eigenvalue weighted by atomic mass is 10.1. The monoisotopic (exact) mass is 392 g/mol. The summed E-state index contributed by atoms with van der Waals surface area (Å²) in [5, 5.41) is 3.85. The number of halogens is 1. The predicted octanol–water partition coefficient (Wildman–Crippen LogP) is 6.43. The Morgan fingerprint density at radius 2 is 1.93 bits per heavy atom. The number of anilines is 1. The van der Waals surface area contributed by atoms with Crippen molar-refractivity contribution in [3.63, 3.8) is 0 Å². The van der Waals surface area contributed by atoms with Gasteiger partial charge in [0.1, 0.15) is 0 Å². The van der Waals surface area contributed by atoms with Crippen LogP contribution >= 0.6 is 22.9 Å². The minimum absolute atomic E-state index is 0.147. The number of nitrogens with zero attached hydrogens (tertiary/aromatic N) is 1. The molecule has 3 nitrogen and oxygen atoms in total. The molecule has 0 unspecified atom stereocenters. The summed E-state index contributed by atoms with van der Waals surface area (Å²) in [6, 6.07) is 21.2. The second-order valence-electron chi connectivity index (χ2n) is 6.18. The maximum atomic E-state index is 13.1. The van der Waals surface area contributed by atoms with E-state index in [1.807, 2.05) is 60.7 Å². The largest absolute Gasteiger partial charge is 0.322 e. The zero-order valence-corrected chi connectivity index (χ0v) is 16.3. The molecular weight excluding hydrogens is 376 g/mol. The van der Waals surface area contributed by atoms with E-state index in [0.717, 1.165) is 33.6 Å². The van der Waals surface area contributed by atoms with Crippen molar-refractivity contribution >= 4 is 45.4 Å². The summed E-state index contributed by atoms with van der Waals surface area (Å²) in [5.74, 6) is -0.147. The van der Waals surface area contributed by atoms with Crippen LogP contribution in [0.3, 0.4) is 0 Å². The summed E-state index contributed by atoms with van der Waals surface area (Å²) in [6.45, 7) is 2.09. The van der Waals surface area contributed by atoms with Gasteiger partial charge in [0.25, 0.3) is 5.91 Å². The first-order valence-electron chi connectivity index (χ1n) is 8.70. The third-order valence-corrected chi connectivity index (χ3v) is 5.63. The maximum absolute atomic E-state index is 13.1. The van der Waals surface area contributed by atoms with Crippen LogP contribution in [0.15, 0.2) is 66.7 Å². The molecule has 0 atom stereocenters. The van der Waals surface area contributed by atoms with Crippen molar-refractivity contribution in [1.82, 2.24) is 4.98 Å². The highest BCUT2D eigenvalue weighted by molar-refractivity contribution is 7.19. The van der Waals surface area contributed by atoms with Gasteiger partial charge in [-0.15, -0.1) is 11.3 Å². The molecule has 4 rings (SSSR count). The molecule has 134 valence electrons. The summed E-state index contributed by atoms with van der Waals surface area (Å²) in [6.07, 6.45) is 0.922. The smallest absolute Gasteiger partial charge is 0.256 e. The van der Waals surface area contributed by atoms with Gasteiger partial charge in [-0.05, 0) is 48.4 Å². The van der Waals surface area contributed by atoms with Crippen molar-refractivity contribution in [1.29, 1.82) is 0 Å². The Hall–Kier alpha value is -2.69. The molecule has 1 amide bonds. The molecule has 0 aliphatic heterocycles. The van der Waals surface area contributed by atoms with E-state index in [1.54, 1.807) is 0 Å². The highest BCUT2D eigenvalue weighted by Gasteiger charge is 2.15. The number of hydrogen-bond acceptors (Lipinski definition) is 3. The molecule has 1 N–H and O–H groups in total. The summed E-state index contributed by atoms with van der Waals surface area (Å²) >= 11 is 7.53. The first kappa shape index (κ1) is 17.7. The van der Waals surface area contributed by atoms with Crippen molar-refractivity contribution in [2.24, 2.45) is 0 Å². The van der Waals surface area contributed by atoms with Crippen molar-refractivity contribution in [3.8, 4) is 10.6 Å². The van der Waals surface area contributed by atoms with Gasteiger partial charge in [0, 0.05) is 11.1 Å². The van der Waals surface area contributed by atoms with Gasteiger partial charge in [-0.3, -0.25) is 4.79 Å². The number of benzene rings is 2. The van der Waals surface area contributed by atoms with Crippen LogP contribution in [-0.2, 0) is 6.42 Å². The Labute approximate surface area is 166 Å². The molecule has 0 fully saturated rings. The van der Waals surface area contributed by atoms with Gasteiger partial charge < -0.3 is 5.32 Å². The number of fused-ring (bicyclic) bond motifs is 1. The molecule has 0 aliphatic carbocycles. The van der Waals surface area contributed by atoms with Crippen LogP contribution < -0.4 is 5.32 Å². The fourth-order valence-corrected chi connectivity index (χ4v) is 4.01. The lowest BCUT2D eigenvalue weighted by Gasteiger charge is -2.10. The molecule has 0 saturated heterocycles. The van der Waals surface area contributed by atoms with E-state index in [-0.39, 0.29) is 5.91 Å². The van der Waals surface area contributed by atoms with Gasteiger partial charge in [-0.2, -0.15) is 0 Å². The Morgan fingerprint density at radius 3 is 2.70 bits per heavy atom. The van der Waals surface area contributed by atoms with Crippen molar-refractivity contribution < 1.29 is 4.79 Å². The van der Waals surface area contributed by atoms with Crippen molar-refractivity contribution in [2.75, 3.05) is 5.32 Å². The van der Waals surface area contributed by atoms with E-state index in [1.165, 1.54) is 16.9 Å². The lowest BCUT2D eigenvalue weighted by Crippen LogP contribution is -2.13. The molecule has 0 radical (unpaired) electrons. The van der Waals surface area contributed by atoms with E-state index in [2.05, 4.69) is 18.3 Å². The van der Waals surface area contributed by atoms with Crippen LogP contribution in [0, 0.1) is 0 Å². The Bertz CT molecular complexity index is 1140. The number of aromatic nitrogens is 1. The number of carbonyl (C=O) groups is 1. The minimum atomic E-state index is -0.147. The molecule has 2 aromatic heterocycles. The number of pyridine rings is 1. The van der Waals surface area contributed by atoms with E-state index in [4.69, 9.17) is 16.6 Å². The molecule has 2 aromatic carbocycles. The number of amides is 1. The first-order valence-corrected chi connectivity index (χ1v) is 9.89. The van der Waals surface area contributed by atoms with Gasteiger partial charge in [0.05, 0.1) is 26.0 Å². The molecule has 4 aromatic rings. The van der Waals surface area contributed by atoms with Gasteiger partial charge in [0.2, 0.25) is 0 Å². The Kier molecular flexibility index (Phi) is 4.92. The van der Waals surface area contributed by atoms with Gasteiger partial charge in [-0.25, -0.2) is 4.98 Å². The summed E-state index contributed by atoms with van der Waals surface area (Å²) in [7, 11) is 0. The van der Waals surface area contributed by atoms with Gasteiger partial charge >= 0.3 is 0 Å². The van der Waals surface area contributed by atoms with Crippen LogP contribution in [0.1, 0.15) is 22.8 Å². The molecule has 0 saturated carbocycles. The van der Waals surface area contributed by atoms with Crippen LogP contribution in [-0.4, -0.2) is 10.9 Å². The SMILES string of the molecule is CCc1cccc(NC(=O)c2cc(-c3ccc(Cl)s3)nc3ccccc23)c1. The number of thiophene rings is 1. The third kappa shape index (κ3) is 3.72. The second-order valence-corrected chi connectivity index (χ2v) is 7.90. The molecule has 27 heavy (non-hydrogen) atoms. The zero-order valence-electron chi connectivity index (χ0n) is 14.7. The molecule has 0 spiro atoms. The third-order valence-electron chi connectivity index (χ3n) is 4.38. The average Bonchev–Trinajstić information content (AvgIpc) is 3.13. The van der Waals surface area contributed by atoms with Crippen LogP contribution in [0.25, 0.3) is 21.5 Å². The summed E-state index contributed by atoms with van der Waals surface area (Å²) in [4.78, 5) is 18.7. The van der Waals surface area contributed by atoms with Crippen molar-refractivity contribution in [3.05, 3.63) is 82.2 Å². The molecule has 0 bridgehead atoms.